The van der Waals surface area contributed by atoms with Crippen molar-refractivity contribution >= 4 is 29.9 Å². The van der Waals surface area contributed by atoms with Crippen LogP contribution in [0.4, 0.5) is 0 Å². The van der Waals surface area contributed by atoms with Gasteiger partial charge in [0.1, 0.15) is 5.82 Å². The van der Waals surface area contributed by atoms with Gasteiger partial charge in [-0.15, -0.1) is 24.0 Å². The van der Waals surface area contributed by atoms with Gasteiger partial charge in [-0.1, -0.05) is 0 Å². The molecule has 8 heteroatoms. The molecule has 1 aromatic heterocycles. The number of guanidine groups is 1. The molecule has 0 saturated carbocycles. The Morgan fingerprint density at radius 2 is 1.90 bits per heavy atom. The molecular weight excluding hydrogens is 493 g/mol. The van der Waals surface area contributed by atoms with Crippen LogP contribution in [0.3, 0.4) is 0 Å². The van der Waals surface area contributed by atoms with E-state index in [1.165, 1.54) is 11.1 Å². The normalized spacial score (nSPS) is 13.5. The van der Waals surface area contributed by atoms with Crippen LogP contribution >= 0.6 is 24.0 Å². The summed E-state index contributed by atoms with van der Waals surface area (Å²) in [5, 5.41) is 3.45. The average Bonchev–Trinajstić information content (AvgIpc) is 3.15. The highest BCUT2D eigenvalue weighted by atomic mass is 127. The zero-order valence-corrected chi connectivity index (χ0v) is 20.8. The number of hydrogen-bond donors (Lipinski definition) is 1. The van der Waals surface area contributed by atoms with Crippen LogP contribution in [-0.4, -0.2) is 54.3 Å². The summed E-state index contributed by atoms with van der Waals surface area (Å²) >= 11 is 0. The number of aryl methyl sites for hydroxylation is 2. The number of fused-ring (bicyclic) bond motifs is 1. The molecule has 7 nitrogen and oxygen atoms in total. The van der Waals surface area contributed by atoms with Gasteiger partial charge in [0.05, 0.1) is 14.2 Å². The quantitative estimate of drug-likeness (QED) is 0.246. The number of imidazole rings is 1. The third-order valence-corrected chi connectivity index (χ3v) is 5.34. The third-order valence-electron chi connectivity index (χ3n) is 5.34. The van der Waals surface area contributed by atoms with Crippen molar-refractivity contribution < 1.29 is 9.47 Å². The molecule has 0 saturated heterocycles. The molecule has 30 heavy (non-hydrogen) atoms. The second-order valence-electron chi connectivity index (χ2n) is 7.26. The molecule has 166 valence electrons. The van der Waals surface area contributed by atoms with Crippen LogP contribution in [0.2, 0.25) is 0 Å². The number of aliphatic imine (C=N–C) groups is 1. The number of halogens is 1. The lowest BCUT2D eigenvalue weighted by molar-refractivity contribution is 0.346. The van der Waals surface area contributed by atoms with Gasteiger partial charge in [0.25, 0.3) is 0 Å². The smallest absolute Gasteiger partial charge is 0.194 e. The minimum Gasteiger partial charge on any atom is -0.493 e. The molecule has 2 heterocycles. The van der Waals surface area contributed by atoms with E-state index in [2.05, 4.69) is 38.8 Å². The summed E-state index contributed by atoms with van der Waals surface area (Å²) in [7, 11) is 3.37. The van der Waals surface area contributed by atoms with Gasteiger partial charge in [0.2, 0.25) is 0 Å². The van der Waals surface area contributed by atoms with Gasteiger partial charge in [-0.3, -0.25) is 4.99 Å². The van der Waals surface area contributed by atoms with Crippen LogP contribution in [-0.2, 0) is 19.5 Å². The van der Waals surface area contributed by atoms with E-state index in [1.54, 1.807) is 14.2 Å². The molecule has 0 fully saturated rings. The van der Waals surface area contributed by atoms with E-state index in [-0.39, 0.29) is 24.0 Å². The van der Waals surface area contributed by atoms with Crippen molar-refractivity contribution in [3.8, 4) is 11.5 Å². The van der Waals surface area contributed by atoms with Gasteiger partial charge in [-0.25, -0.2) is 4.98 Å². The molecule has 0 aliphatic carbocycles. The number of unbranched alkanes of at least 4 members (excludes halogenated alkanes) is 1. The summed E-state index contributed by atoms with van der Waals surface area (Å²) in [5.41, 5.74) is 2.60. The van der Waals surface area contributed by atoms with Crippen molar-refractivity contribution in [2.45, 2.75) is 46.2 Å². The number of nitrogens with one attached hydrogen (secondary N) is 1. The van der Waals surface area contributed by atoms with E-state index >= 15 is 0 Å². The second kappa shape index (κ2) is 12.0. The number of ether oxygens (including phenoxy) is 2. The zero-order valence-electron chi connectivity index (χ0n) is 18.5. The second-order valence-corrected chi connectivity index (χ2v) is 7.26. The van der Waals surface area contributed by atoms with Gasteiger partial charge in [0.15, 0.2) is 17.5 Å². The first kappa shape index (κ1) is 24.3. The Bertz CT molecular complexity index is 837. The van der Waals surface area contributed by atoms with Gasteiger partial charge < -0.3 is 24.3 Å². The lowest BCUT2D eigenvalue weighted by atomic mass is 9.99. The van der Waals surface area contributed by atoms with E-state index in [0.29, 0.717) is 0 Å². The summed E-state index contributed by atoms with van der Waals surface area (Å²) < 4.78 is 13.1. The molecule has 1 aliphatic rings. The molecule has 1 aliphatic heterocycles. The number of nitrogens with zero attached hydrogens (tertiary/aromatic N) is 4. The van der Waals surface area contributed by atoms with E-state index in [9.17, 15) is 0 Å². The monoisotopic (exact) mass is 527 g/mol. The number of methoxy groups -OCH3 is 2. The fourth-order valence-electron chi connectivity index (χ4n) is 3.71. The average molecular weight is 527 g/mol. The highest BCUT2D eigenvalue weighted by molar-refractivity contribution is 14.0. The van der Waals surface area contributed by atoms with Gasteiger partial charge in [0, 0.05) is 45.1 Å². The predicted molar refractivity (Wildman–Crippen MR) is 131 cm³/mol. The Morgan fingerprint density at radius 1 is 1.17 bits per heavy atom. The number of aromatic nitrogens is 2. The van der Waals surface area contributed by atoms with Crippen LogP contribution < -0.4 is 14.8 Å². The topological polar surface area (TPSA) is 63.9 Å². The summed E-state index contributed by atoms with van der Waals surface area (Å²) in [5.74, 6) is 3.64. The zero-order chi connectivity index (χ0) is 20.6. The molecule has 2 aromatic rings. The predicted octanol–water partition coefficient (Wildman–Crippen LogP) is 3.63. The molecule has 1 N–H and O–H groups in total. The number of hydrogen-bond acceptors (Lipinski definition) is 4. The van der Waals surface area contributed by atoms with E-state index in [0.717, 1.165) is 75.3 Å². The van der Waals surface area contributed by atoms with Gasteiger partial charge in [-0.2, -0.15) is 0 Å². The Labute approximate surface area is 196 Å². The molecule has 0 atom stereocenters. The lowest BCUT2D eigenvalue weighted by Crippen LogP contribution is -2.44. The maximum atomic E-state index is 5.48. The Balaban J connectivity index is 0.00000320. The van der Waals surface area contributed by atoms with E-state index < -0.39 is 0 Å². The molecule has 0 spiro atoms. The molecule has 1 aromatic carbocycles. The van der Waals surface area contributed by atoms with Crippen LogP contribution in [0.25, 0.3) is 0 Å². The van der Waals surface area contributed by atoms with Crippen molar-refractivity contribution in [1.82, 2.24) is 19.8 Å². The lowest BCUT2D eigenvalue weighted by Gasteiger charge is -2.32. The fraction of sp³-hybridized carbons (Fsp3) is 0.545. The third kappa shape index (κ3) is 6.02. The first-order valence-corrected chi connectivity index (χ1v) is 10.4. The van der Waals surface area contributed by atoms with Crippen LogP contribution in [0.1, 0.15) is 36.7 Å². The van der Waals surface area contributed by atoms with Crippen molar-refractivity contribution in [3.05, 3.63) is 41.5 Å². The SMILES string of the molecule is CCNC(=NCCCCn1ccnc1C)N1CCc2cc(OC)c(OC)cc2C1.I. The number of benzene rings is 1. The maximum Gasteiger partial charge on any atom is 0.194 e. The first-order chi connectivity index (χ1) is 14.2. The van der Waals surface area contributed by atoms with E-state index in [1.807, 2.05) is 19.3 Å². The largest absolute Gasteiger partial charge is 0.493 e. The Morgan fingerprint density at radius 3 is 2.53 bits per heavy atom. The standard InChI is InChI=1S/C22H33N5O2.HI/c1-5-23-22(25-9-6-7-11-26-13-10-24-17(26)2)27-12-8-18-14-20(28-3)21(29-4)15-19(18)16-27;/h10,13-15H,5-9,11-12,16H2,1-4H3,(H,23,25);1H. The van der Waals surface area contributed by atoms with E-state index in [4.69, 9.17) is 14.5 Å². The minimum absolute atomic E-state index is 0. The Kier molecular flexibility index (Phi) is 9.74. The van der Waals surface area contributed by atoms with Crippen LogP contribution in [0, 0.1) is 6.92 Å². The molecular formula is C22H34IN5O2. The Hall–Kier alpha value is -1.97. The fourth-order valence-corrected chi connectivity index (χ4v) is 3.71. The van der Waals surface area contributed by atoms with Gasteiger partial charge >= 0.3 is 0 Å². The van der Waals surface area contributed by atoms with Crippen molar-refractivity contribution in [2.75, 3.05) is 33.9 Å². The summed E-state index contributed by atoms with van der Waals surface area (Å²) in [6.07, 6.45) is 7.02. The minimum atomic E-state index is 0. The molecule has 3 rings (SSSR count). The van der Waals surface area contributed by atoms with Crippen molar-refractivity contribution in [2.24, 2.45) is 4.99 Å². The molecule has 0 amide bonds. The van der Waals surface area contributed by atoms with Crippen molar-refractivity contribution in [1.29, 1.82) is 0 Å². The summed E-state index contributed by atoms with van der Waals surface area (Å²) in [4.78, 5) is 11.5. The maximum absolute atomic E-state index is 5.48. The van der Waals surface area contributed by atoms with Crippen molar-refractivity contribution in [3.63, 3.8) is 0 Å². The molecule has 0 bridgehead atoms. The van der Waals surface area contributed by atoms with Gasteiger partial charge in [-0.05, 0) is 56.4 Å². The highest BCUT2D eigenvalue weighted by Gasteiger charge is 2.21. The summed E-state index contributed by atoms with van der Waals surface area (Å²) in [6, 6.07) is 4.20. The number of rotatable bonds is 8. The highest BCUT2D eigenvalue weighted by Crippen LogP contribution is 2.33. The van der Waals surface area contributed by atoms with Crippen LogP contribution in [0.5, 0.6) is 11.5 Å². The first-order valence-electron chi connectivity index (χ1n) is 10.4. The van der Waals surface area contributed by atoms with Crippen LogP contribution in [0.15, 0.2) is 29.5 Å². The summed E-state index contributed by atoms with van der Waals surface area (Å²) in [6.45, 7) is 8.62. The molecule has 0 unspecified atom stereocenters. The molecule has 0 radical (unpaired) electrons.